The summed E-state index contributed by atoms with van der Waals surface area (Å²) in [5, 5.41) is 2.61. The number of rotatable bonds is 4. The molecule has 4 N–H and O–H groups in total. The number of nitrogens with one attached hydrogen (secondary N) is 2. The van der Waals surface area contributed by atoms with Gasteiger partial charge in [0.25, 0.3) is 11.5 Å². The average molecular weight is 289 g/mol. The fourth-order valence-corrected chi connectivity index (χ4v) is 1.72. The van der Waals surface area contributed by atoms with Gasteiger partial charge in [-0.05, 0) is 18.8 Å². The van der Waals surface area contributed by atoms with Crippen molar-refractivity contribution in [3.8, 4) is 0 Å². The Kier molecular flexibility index (Phi) is 4.90. The molecule has 0 saturated heterocycles. The molecule has 0 bridgehead atoms. The minimum Gasteiger partial charge on any atom is -0.350 e. The van der Waals surface area contributed by atoms with Gasteiger partial charge < -0.3 is 16.0 Å². The average Bonchev–Trinajstić information content (AvgIpc) is 3.17. The second-order valence-electron chi connectivity index (χ2n) is 4.58. The van der Waals surface area contributed by atoms with Gasteiger partial charge in [0.2, 0.25) is 0 Å². The molecule has 1 aliphatic rings. The fraction of sp³-hybridized carbons (Fsp3) is 0.545. The maximum Gasteiger partial charge on any atom is 0.328 e. The molecule has 1 unspecified atom stereocenters. The standard InChI is InChI=1S/C11H16N4O3.ClH/c1-15-10(17)7(4-14-11(15)18)9(16)13-5-8(12)6-2-3-6;/h4,6,8H,2-3,5,12H2,1H3,(H,13,16)(H,14,18);1H. The van der Waals surface area contributed by atoms with Crippen molar-refractivity contribution >= 4 is 18.3 Å². The first-order valence-corrected chi connectivity index (χ1v) is 5.83. The minimum atomic E-state index is -0.615. The molecule has 0 aliphatic heterocycles. The maximum atomic E-state index is 11.8. The summed E-state index contributed by atoms with van der Waals surface area (Å²) < 4.78 is 0.857. The zero-order chi connectivity index (χ0) is 13.3. The summed E-state index contributed by atoms with van der Waals surface area (Å²) in [5.41, 5.74) is 4.59. The van der Waals surface area contributed by atoms with Crippen molar-refractivity contribution in [1.29, 1.82) is 0 Å². The van der Waals surface area contributed by atoms with Crippen LogP contribution < -0.4 is 22.3 Å². The lowest BCUT2D eigenvalue weighted by Crippen LogP contribution is -2.42. The van der Waals surface area contributed by atoms with Crippen LogP contribution in [-0.4, -0.2) is 28.0 Å². The highest BCUT2D eigenvalue weighted by atomic mass is 35.5. The van der Waals surface area contributed by atoms with Crippen LogP contribution in [0.4, 0.5) is 0 Å². The van der Waals surface area contributed by atoms with E-state index in [4.69, 9.17) is 5.73 Å². The van der Waals surface area contributed by atoms with E-state index >= 15 is 0 Å². The Bertz CT molecular complexity index is 576. The number of halogens is 1. The van der Waals surface area contributed by atoms with E-state index in [1.165, 1.54) is 7.05 Å². The van der Waals surface area contributed by atoms with Crippen LogP contribution in [0.25, 0.3) is 0 Å². The molecule has 1 atom stereocenters. The Balaban J connectivity index is 0.00000180. The van der Waals surface area contributed by atoms with Crippen LogP contribution in [0.5, 0.6) is 0 Å². The second-order valence-corrected chi connectivity index (χ2v) is 4.58. The molecule has 0 aromatic carbocycles. The molecule has 1 heterocycles. The van der Waals surface area contributed by atoms with Gasteiger partial charge in [-0.15, -0.1) is 12.4 Å². The summed E-state index contributed by atoms with van der Waals surface area (Å²) in [6.45, 7) is 0.339. The van der Waals surface area contributed by atoms with Gasteiger partial charge in [0.15, 0.2) is 0 Å². The molecule has 1 aliphatic carbocycles. The normalized spacial score (nSPS) is 15.5. The molecule has 8 heteroatoms. The summed E-state index contributed by atoms with van der Waals surface area (Å²) in [4.78, 5) is 36.9. The van der Waals surface area contributed by atoms with Gasteiger partial charge >= 0.3 is 5.69 Å². The summed E-state index contributed by atoms with van der Waals surface area (Å²) in [6.07, 6.45) is 3.32. The zero-order valence-electron chi connectivity index (χ0n) is 10.5. The van der Waals surface area contributed by atoms with Crippen LogP contribution in [0.15, 0.2) is 15.8 Å². The van der Waals surface area contributed by atoms with Crippen LogP contribution in [-0.2, 0) is 7.05 Å². The predicted molar refractivity (Wildman–Crippen MR) is 72.6 cm³/mol. The maximum absolute atomic E-state index is 11.8. The van der Waals surface area contributed by atoms with Crippen LogP contribution in [0.1, 0.15) is 23.2 Å². The molecule has 1 aromatic rings. The van der Waals surface area contributed by atoms with E-state index in [0.29, 0.717) is 12.5 Å². The highest BCUT2D eigenvalue weighted by molar-refractivity contribution is 5.93. The van der Waals surface area contributed by atoms with E-state index in [9.17, 15) is 14.4 Å². The molecule has 7 nitrogen and oxygen atoms in total. The molecule has 19 heavy (non-hydrogen) atoms. The van der Waals surface area contributed by atoms with E-state index in [0.717, 1.165) is 23.6 Å². The number of amides is 1. The first-order chi connectivity index (χ1) is 8.50. The predicted octanol–water partition coefficient (Wildman–Crippen LogP) is -1.04. The number of hydrogen-bond donors (Lipinski definition) is 3. The molecule has 106 valence electrons. The van der Waals surface area contributed by atoms with Crippen molar-refractivity contribution in [2.45, 2.75) is 18.9 Å². The molecule has 1 fully saturated rings. The van der Waals surface area contributed by atoms with E-state index in [2.05, 4.69) is 10.3 Å². The van der Waals surface area contributed by atoms with Crippen LogP contribution in [0.3, 0.4) is 0 Å². The fourth-order valence-electron chi connectivity index (χ4n) is 1.72. The first kappa shape index (κ1) is 15.5. The summed E-state index contributed by atoms with van der Waals surface area (Å²) >= 11 is 0. The number of aromatic amines is 1. The Hall–Kier alpha value is -1.60. The van der Waals surface area contributed by atoms with E-state index in [1.54, 1.807) is 0 Å². The molecule has 1 amide bonds. The highest BCUT2D eigenvalue weighted by Gasteiger charge is 2.28. The number of nitrogens with zero attached hydrogens (tertiary/aromatic N) is 1. The number of H-pyrrole nitrogens is 1. The Labute approximate surface area is 115 Å². The number of nitrogens with two attached hydrogens (primary N) is 1. The molecule has 0 radical (unpaired) electrons. The van der Waals surface area contributed by atoms with Crippen LogP contribution in [0, 0.1) is 5.92 Å². The van der Waals surface area contributed by atoms with Gasteiger partial charge in [0, 0.05) is 25.8 Å². The van der Waals surface area contributed by atoms with E-state index in [1.807, 2.05) is 0 Å². The third-order valence-corrected chi connectivity index (χ3v) is 3.15. The Morgan fingerprint density at radius 2 is 2.21 bits per heavy atom. The van der Waals surface area contributed by atoms with Crippen molar-refractivity contribution < 1.29 is 4.79 Å². The molecular weight excluding hydrogens is 272 g/mol. The van der Waals surface area contributed by atoms with Gasteiger partial charge in [-0.2, -0.15) is 0 Å². The van der Waals surface area contributed by atoms with Crippen LogP contribution >= 0.6 is 12.4 Å². The van der Waals surface area contributed by atoms with Crippen molar-refractivity contribution in [3.05, 3.63) is 32.6 Å². The highest BCUT2D eigenvalue weighted by Crippen LogP contribution is 2.31. The smallest absolute Gasteiger partial charge is 0.328 e. The van der Waals surface area contributed by atoms with Crippen LogP contribution in [0.2, 0.25) is 0 Å². The Morgan fingerprint density at radius 3 is 2.79 bits per heavy atom. The van der Waals surface area contributed by atoms with Gasteiger partial charge in [0.05, 0.1) is 0 Å². The number of hydrogen-bond acceptors (Lipinski definition) is 4. The number of aromatic nitrogens is 2. The molecular formula is C11H17ClN4O3. The van der Waals surface area contributed by atoms with Gasteiger partial charge in [0.1, 0.15) is 5.56 Å². The third kappa shape index (κ3) is 3.45. The summed E-state index contributed by atoms with van der Waals surface area (Å²) in [5.74, 6) is -0.0355. The zero-order valence-corrected chi connectivity index (χ0v) is 11.3. The first-order valence-electron chi connectivity index (χ1n) is 5.83. The minimum absolute atomic E-state index is 0. The van der Waals surface area contributed by atoms with Crippen molar-refractivity contribution in [1.82, 2.24) is 14.9 Å². The number of carbonyl (C=O) groups excluding carboxylic acids is 1. The van der Waals surface area contributed by atoms with Gasteiger partial charge in [-0.3, -0.25) is 14.2 Å². The molecule has 1 saturated carbocycles. The monoisotopic (exact) mass is 288 g/mol. The topological polar surface area (TPSA) is 110 Å². The SMILES string of the molecule is Cl.Cn1c(=O)[nH]cc(C(=O)NCC(N)C2CC2)c1=O. The summed E-state index contributed by atoms with van der Waals surface area (Å²) in [7, 11) is 1.31. The third-order valence-electron chi connectivity index (χ3n) is 3.15. The molecule has 1 aromatic heterocycles. The van der Waals surface area contributed by atoms with E-state index < -0.39 is 17.2 Å². The van der Waals surface area contributed by atoms with Crippen molar-refractivity contribution in [2.24, 2.45) is 18.7 Å². The second kappa shape index (κ2) is 6.03. The molecule has 0 spiro atoms. The lowest BCUT2D eigenvalue weighted by atomic mass is 10.2. The van der Waals surface area contributed by atoms with Crippen molar-refractivity contribution in [2.75, 3.05) is 6.54 Å². The number of carbonyl (C=O) groups is 1. The Morgan fingerprint density at radius 1 is 1.58 bits per heavy atom. The largest absolute Gasteiger partial charge is 0.350 e. The van der Waals surface area contributed by atoms with Gasteiger partial charge in [-0.25, -0.2) is 4.79 Å². The van der Waals surface area contributed by atoms with Gasteiger partial charge in [-0.1, -0.05) is 0 Å². The molecule has 2 rings (SSSR count). The summed E-state index contributed by atoms with van der Waals surface area (Å²) in [6, 6.07) is -0.0689. The lowest BCUT2D eigenvalue weighted by molar-refractivity contribution is 0.0947. The quantitative estimate of drug-likeness (QED) is 0.657. The van der Waals surface area contributed by atoms with Crippen molar-refractivity contribution in [3.63, 3.8) is 0 Å². The van der Waals surface area contributed by atoms with E-state index in [-0.39, 0.29) is 24.0 Å². The lowest BCUT2D eigenvalue weighted by Gasteiger charge is -2.11.